The largest absolute Gasteiger partial charge is 0.497 e. The molecular weight excluding hydrogens is 269 g/mol. The van der Waals surface area contributed by atoms with Crippen LogP contribution < -0.4 is 10.5 Å². The summed E-state index contributed by atoms with van der Waals surface area (Å²) in [6, 6.07) is 12.2. The molecule has 3 aromatic rings. The van der Waals surface area contributed by atoms with E-state index in [4.69, 9.17) is 10.5 Å². The van der Waals surface area contributed by atoms with Crippen LogP contribution >= 0.6 is 0 Å². The minimum atomic E-state index is -0.243. The summed E-state index contributed by atoms with van der Waals surface area (Å²) in [5, 5.41) is 0. The standard InChI is InChI=1S/C16H16FN3O/c1-21-13-5-6-15-14(8-13)19-16(9-18)20(15)10-11-3-2-4-12(17)7-11/h2-8H,9-10,18H2,1H3. The Kier molecular flexibility index (Phi) is 3.58. The minimum absolute atomic E-state index is 0.243. The summed E-state index contributed by atoms with van der Waals surface area (Å²) in [4.78, 5) is 4.52. The number of halogens is 1. The molecular formula is C16H16FN3O. The van der Waals surface area contributed by atoms with Gasteiger partial charge in [-0.15, -0.1) is 0 Å². The fourth-order valence-electron chi connectivity index (χ4n) is 2.44. The minimum Gasteiger partial charge on any atom is -0.497 e. The van der Waals surface area contributed by atoms with Gasteiger partial charge in [0.1, 0.15) is 17.4 Å². The molecule has 0 aliphatic rings. The molecule has 108 valence electrons. The molecule has 0 saturated carbocycles. The van der Waals surface area contributed by atoms with Crippen molar-refractivity contribution in [2.24, 2.45) is 5.73 Å². The molecule has 0 saturated heterocycles. The van der Waals surface area contributed by atoms with Gasteiger partial charge in [0.2, 0.25) is 0 Å². The first-order valence-corrected chi connectivity index (χ1v) is 6.69. The van der Waals surface area contributed by atoms with E-state index in [9.17, 15) is 4.39 Å². The number of hydrogen-bond donors (Lipinski definition) is 1. The van der Waals surface area contributed by atoms with Gasteiger partial charge < -0.3 is 15.0 Å². The van der Waals surface area contributed by atoms with Crippen LogP contribution in [0.15, 0.2) is 42.5 Å². The number of fused-ring (bicyclic) bond motifs is 1. The van der Waals surface area contributed by atoms with Crippen LogP contribution in [0.1, 0.15) is 11.4 Å². The zero-order valence-electron chi connectivity index (χ0n) is 11.7. The second kappa shape index (κ2) is 5.54. The van der Waals surface area contributed by atoms with Gasteiger partial charge in [-0.05, 0) is 29.8 Å². The normalized spacial score (nSPS) is 11.0. The molecule has 1 heterocycles. The van der Waals surface area contributed by atoms with E-state index in [2.05, 4.69) is 4.98 Å². The highest BCUT2D eigenvalue weighted by Crippen LogP contribution is 2.23. The van der Waals surface area contributed by atoms with E-state index in [1.165, 1.54) is 12.1 Å². The number of ether oxygens (including phenoxy) is 1. The molecule has 0 amide bonds. The van der Waals surface area contributed by atoms with Gasteiger partial charge >= 0.3 is 0 Å². The van der Waals surface area contributed by atoms with Crippen LogP contribution in [0.2, 0.25) is 0 Å². The Bertz CT molecular complexity index is 782. The average Bonchev–Trinajstić information content (AvgIpc) is 2.84. The quantitative estimate of drug-likeness (QED) is 0.802. The Morgan fingerprint density at radius 2 is 2.10 bits per heavy atom. The molecule has 4 nitrogen and oxygen atoms in total. The number of hydrogen-bond acceptors (Lipinski definition) is 3. The first-order chi connectivity index (χ1) is 10.2. The van der Waals surface area contributed by atoms with Crippen LogP contribution in [0.25, 0.3) is 11.0 Å². The molecule has 0 aliphatic carbocycles. The molecule has 0 aliphatic heterocycles. The van der Waals surface area contributed by atoms with Crippen molar-refractivity contribution in [3.05, 3.63) is 59.7 Å². The molecule has 0 bridgehead atoms. The SMILES string of the molecule is COc1ccc2c(c1)nc(CN)n2Cc1cccc(F)c1. The number of methoxy groups -OCH3 is 1. The Hall–Kier alpha value is -2.40. The van der Waals surface area contributed by atoms with Crippen LogP contribution in [0.5, 0.6) is 5.75 Å². The van der Waals surface area contributed by atoms with Crippen molar-refractivity contribution in [2.45, 2.75) is 13.1 Å². The summed E-state index contributed by atoms with van der Waals surface area (Å²) in [6.07, 6.45) is 0. The third kappa shape index (κ3) is 2.60. The summed E-state index contributed by atoms with van der Waals surface area (Å²) in [6.45, 7) is 0.861. The van der Waals surface area contributed by atoms with Crippen molar-refractivity contribution < 1.29 is 9.13 Å². The van der Waals surface area contributed by atoms with Crippen molar-refractivity contribution >= 4 is 11.0 Å². The number of imidazole rings is 1. The third-order valence-corrected chi connectivity index (χ3v) is 3.45. The molecule has 0 spiro atoms. The zero-order valence-corrected chi connectivity index (χ0v) is 11.7. The Balaban J connectivity index is 2.08. The maximum absolute atomic E-state index is 13.3. The van der Waals surface area contributed by atoms with Gasteiger partial charge in [-0.1, -0.05) is 12.1 Å². The molecule has 3 rings (SSSR count). The first kappa shape index (κ1) is 13.6. The highest BCUT2D eigenvalue weighted by Gasteiger charge is 2.11. The van der Waals surface area contributed by atoms with Crippen molar-refractivity contribution in [2.75, 3.05) is 7.11 Å². The van der Waals surface area contributed by atoms with Gasteiger partial charge in [-0.25, -0.2) is 9.37 Å². The molecule has 0 fully saturated rings. The van der Waals surface area contributed by atoms with Gasteiger partial charge in [0.05, 0.1) is 24.7 Å². The second-order valence-electron chi connectivity index (χ2n) is 4.80. The second-order valence-corrected chi connectivity index (χ2v) is 4.80. The van der Waals surface area contributed by atoms with E-state index in [1.807, 2.05) is 28.8 Å². The smallest absolute Gasteiger partial charge is 0.123 e. The molecule has 0 radical (unpaired) electrons. The van der Waals surface area contributed by atoms with Crippen LogP contribution in [0.4, 0.5) is 4.39 Å². The van der Waals surface area contributed by atoms with Crippen molar-refractivity contribution in [3.8, 4) is 5.75 Å². The highest BCUT2D eigenvalue weighted by molar-refractivity contribution is 5.78. The first-order valence-electron chi connectivity index (χ1n) is 6.69. The van der Waals surface area contributed by atoms with E-state index < -0.39 is 0 Å². The van der Waals surface area contributed by atoms with E-state index in [0.717, 1.165) is 28.2 Å². The lowest BCUT2D eigenvalue weighted by molar-refractivity contribution is 0.415. The van der Waals surface area contributed by atoms with Crippen molar-refractivity contribution in [1.82, 2.24) is 9.55 Å². The van der Waals surface area contributed by atoms with Gasteiger partial charge in [-0.3, -0.25) is 0 Å². The molecule has 0 unspecified atom stereocenters. The maximum atomic E-state index is 13.3. The van der Waals surface area contributed by atoms with E-state index in [1.54, 1.807) is 13.2 Å². The van der Waals surface area contributed by atoms with Gasteiger partial charge in [-0.2, -0.15) is 0 Å². The number of nitrogens with two attached hydrogens (primary N) is 1. The van der Waals surface area contributed by atoms with E-state index in [-0.39, 0.29) is 5.82 Å². The monoisotopic (exact) mass is 285 g/mol. The Morgan fingerprint density at radius 3 is 2.81 bits per heavy atom. The van der Waals surface area contributed by atoms with E-state index >= 15 is 0 Å². The molecule has 2 aromatic carbocycles. The van der Waals surface area contributed by atoms with Crippen molar-refractivity contribution in [3.63, 3.8) is 0 Å². The lowest BCUT2D eigenvalue weighted by Crippen LogP contribution is -2.09. The average molecular weight is 285 g/mol. The van der Waals surface area contributed by atoms with Gasteiger partial charge in [0, 0.05) is 12.6 Å². The van der Waals surface area contributed by atoms with Gasteiger partial charge in [0.15, 0.2) is 0 Å². The fraction of sp³-hybridized carbons (Fsp3) is 0.188. The summed E-state index contributed by atoms with van der Waals surface area (Å²) in [5.74, 6) is 1.27. The predicted molar refractivity (Wildman–Crippen MR) is 79.7 cm³/mol. The molecule has 2 N–H and O–H groups in total. The molecule has 1 aromatic heterocycles. The molecule has 21 heavy (non-hydrogen) atoms. The summed E-state index contributed by atoms with van der Waals surface area (Å²) < 4.78 is 20.5. The Morgan fingerprint density at radius 1 is 1.24 bits per heavy atom. The predicted octanol–water partition coefficient (Wildman–Crippen LogP) is 2.69. The highest BCUT2D eigenvalue weighted by atomic mass is 19.1. The topological polar surface area (TPSA) is 53.1 Å². The third-order valence-electron chi connectivity index (χ3n) is 3.45. The zero-order chi connectivity index (χ0) is 14.8. The lowest BCUT2D eigenvalue weighted by Gasteiger charge is -2.08. The van der Waals surface area contributed by atoms with Crippen LogP contribution in [0, 0.1) is 5.82 Å². The fourth-order valence-corrected chi connectivity index (χ4v) is 2.44. The summed E-state index contributed by atoms with van der Waals surface area (Å²) in [7, 11) is 1.62. The lowest BCUT2D eigenvalue weighted by atomic mass is 10.2. The van der Waals surface area contributed by atoms with Gasteiger partial charge in [0.25, 0.3) is 0 Å². The van der Waals surface area contributed by atoms with Crippen molar-refractivity contribution in [1.29, 1.82) is 0 Å². The number of aromatic nitrogens is 2. The van der Waals surface area contributed by atoms with Crippen LogP contribution in [0.3, 0.4) is 0 Å². The Labute approximate surface area is 122 Å². The van der Waals surface area contributed by atoms with E-state index in [0.29, 0.717) is 13.1 Å². The summed E-state index contributed by atoms with van der Waals surface area (Å²) in [5.41, 5.74) is 8.44. The number of benzene rings is 2. The van der Waals surface area contributed by atoms with Crippen LogP contribution in [-0.4, -0.2) is 16.7 Å². The van der Waals surface area contributed by atoms with Crippen LogP contribution in [-0.2, 0) is 13.1 Å². The number of rotatable bonds is 4. The summed E-state index contributed by atoms with van der Waals surface area (Å²) >= 11 is 0. The maximum Gasteiger partial charge on any atom is 0.123 e. The number of nitrogens with zero attached hydrogens (tertiary/aromatic N) is 2. The molecule has 0 atom stereocenters. The molecule has 5 heteroatoms.